The summed E-state index contributed by atoms with van der Waals surface area (Å²) in [4.78, 5) is 24.4. The summed E-state index contributed by atoms with van der Waals surface area (Å²) in [5.74, 6) is -2.38. The third-order valence-corrected chi connectivity index (χ3v) is 3.88. The van der Waals surface area contributed by atoms with E-state index < -0.39 is 17.6 Å². The van der Waals surface area contributed by atoms with Gasteiger partial charge in [0.25, 0.3) is 11.8 Å². The van der Waals surface area contributed by atoms with Crippen LogP contribution in [0.2, 0.25) is 0 Å². The molecule has 0 radical (unpaired) electrons. The number of nitrogens with one attached hydrogen (secondary N) is 2. The number of hydrazone groups is 1. The van der Waals surface area contributed by atoms with Gasteiger partial charge in [0.15, 0.2) is 11.5 Å². The topological polar surface area (TPSA) is 111 Å². The molecular formula is C21H16FN3O4. The second kappa shape index (κ2) is 8.66. The molecule has 0 aromatic heterocycles. The Kier molecular flexibility index (Phi) is 5.84. The molecule has 0 saturated carbocycles. The van der Waals surface area contributed by atoms with E-state index in [0.29, 0.717) is 11.3 Å². The van der Waals surface area contributed by atoms with Gasteiger partial charge in [-0.2, -0.15) is 5.10 Å². The predicted molar refractivity (Wildman–Crippen MR) is 106 cm³/mol. The zero-order valence-corrected chi connectivity index (χ0v) is 15.0. The molecule has 3 aromatic carbocycles. The second-order valence-corrected chi connectivity index (χ2v) is 5.96. The Balaban J connectivity index is 1.66. The molecule has 0 saturated heterocycles. The molecule has 8 heteroatoms. The first-order chi connectivity index (χ1) is 13.9. The molecule has 4 N–H and O–H groups in total. The fourth-order valence-electron chi connectivity index (χ4n) is 2.43. The van der Waals surface area contributed by atoms with Crippen molar-refractivity contribution in [1.82, 2.24) is 5.43 Å². The van der Waals surface area contributed by atoms with Crippen LogP contribution in [0.25, 0.3) is 0 Å². The Morgan fingerprint density at radius 3 is 2.45 bits per heavy atom. The number of benzene rings is 3. The van der Waals surface area contributed by atoms with Crippen molar-refractivity contribution in [2.45, 2.75) is 0 Å². The Bertz CT molecular complexity index is 1100. The zero-order valence-electron chi connectivity index (χ0n) is 15.0. The molecule has 29 heavy (non-hydrogen) atoms. The highest BCUT2D eigenvalue weighted by molar-refractivity contribution is 6.05. The molecule has 0 aliphatic heterocycles. The number of hydrogen-bond donors (Lipinski definition) is 4. The number of carbonyl (C=O) groups is 2. The zero-order chi connectivity index (χ0) is 20.8. The van der Waals surface area contributed by atoms with Crippen LogP contribution in [-0.2, 0) is 0 Å². The molecule has 0 bridgehead atoms. The van der Waals surface area contributed by atoms with E-state index >= 15 is 0 Å². The summed E-state index contributed by atoms with van der Waals surface area (Å²) in [5.41, 5.74) is 3.22. The SMILES string of the molecule is O=C(N/N=C/c1ccc(O)c(O)c1)c1cccc(NC(=O)c2ccccc2F)c1. The van der Waals surface area contributed by atoms with E-state index in [1.807, 2.05) is 0 Å². The fraction of sp³-hybridized carbons (Fsp3) is 0. The van der Waals surface area contributed by atoms with Gasteiger partial charge in [-0.05, 0) is 54.1 Å². The molecule has 0 fully saturated rings. The van der Waals surface area contributed by atoms with E-state index in [1.165, 1.54) is 54.7 Å². The number of halogens is 1. The molecule has 7 nitrogen and oxygen atoms in total. The number of amides is 2. The predicted octanol–water partition coefficient (Wildman–Crippen LogP) is 3.25. The highest BCUT2D eigenvalue weighted by atomic mass is 19.1. The monoisotopic (exact) mass is 393 g/mol. The van der Waals surface area contributed by atoms with Gasteiger partial charge < -0.3 is 15.5 Å². The lowest BCUT2D eigenvalue weighted by Crippen LogP contribution is -2.18. The van der Waals surface area contributed by atoms with Gasteiger partial charge in [-0.15, -0.1) is 0 Å². The Hall–Kier alpha value is -4.20. The van der Waals surface area contributed by atoms with Crippen molar-refractivity contribution in [3.63, 3.8) is 0 Å². The van der Waals surface area contributed by atoms with Crippen molar-refractivity contribution in [1.29, 1.82) is 0 Å². The van der Waals surface area contributed by atoms with Gasteiger partial charge in [0.2, 0.25) is 0 Å². The van der Waals surface area contributed by atoms with Crippen molar-refractivity contribution in [2.75, 3.05) is 5.32 Å². The molecule has 0 aliphatic rings. The molecule has 0 atom stereocenters. The van der Waals surface area contributed by atoms with E-state index in [1.54, 1.807) is 18.2 Å². The van der Waals surface area contributed by atoms with E-state index in [4.69, 9.17) is 0 Å². The van der Waals surface area contributed by atoms with Gasteiger partial charge in [-0.3, -0.25) is 9.59 Å². The summed E-state index contributed by atoms with van der Waals surface area (Å²) in [6, 6.07) is 15.7. The van der Waals surface area contributed by atoms with E-state index in [0.717, 1.165) is 0 Å². The first-order valence-corrected chi connectivity index (χ1v) is 8.45. The number of carbonyl (C=O) groups excluding carboxylic acids is 2. The average Bonchev–Trinajstić information content (AvgIpc) is 2.71. The number of aromatic hydroxyl groups is 2. The Labute approximate surface area is 165 Å². The molecular weight excluding hydrogens is 377 g/mol. The molecule has 3 aromatic rings. The number of phenols is 2. The summed E-state index contributed by atoms with van der Waals surface area (Å²) in [6.45, 7) is 0. The number of nitrogens with zero attached hydrogens (tertiary/aromatic N) is 1. The van der Waals surface area contributed by atoms with Crippen molar-refractivity contribution >= 4 is 23.7 Å². The maximum atomic E-state index is 13.7. The number of rotatable bonds is 5. The lowest BCUT2D eigenvalue weighted by Gasteiger charge is -2.07. The van der Waals surface area contributed by atoms with Crippen LogP contribution in [0.1, 0.15) is 26.3 Å². The standard InChI is InChI=1S/C21H16FN3O4/c22-17-7-2-1-6-16(17)21(29)24-15-5-3-4-14(11-15)20(28)25-23-12-13-8-9-18(26)19(27)10-13/h1-12,26-27H,(H,24,29)(H,25,28)/b23-12+. The third-order valence-electron chi connectivity index (χ3n) is 3.88. The summed E-state index contributed by atoms with van der Waals surface area (Å²) < 4.78 is 13.7. The van der Waals surface area contributed by atoms with Gasteiger partial charge in [0, 0.05) is 11.3 Å². The molecule has 3 rings (SSSR count). The van der Waals surface area contributed by atoms with Gasteiger partial charge in [0.1, 0.15) is 5.82 Å². The van der Waals surface area contributed by atoms with E-state index in [9.17, 15) is 24.2 Å². The highest BCUT2D eigenvalue weighted by Gasteiger charge is 2.12. The average molecular weight is 393 g/mol. The minimum atomic E-state index is -0.645. The molecule has 146 valence electrons. The lowest BCUT2D eigenvalue weighted by atomic mass is 10.1. The maximum absolute atomic E-state index is 13.7. The van der Waals surface area contributed by atoms with E-state index in [-0.39, 0.29) is 22.6 Å². The van der Waals surface area contributed by atoms with Crippen LogP contribution >= 0.6 is 0 Å². The molecule has 0 heterocycles. The van der Waals surface area contributed by atoms with Crippen LogP contribution in [0.3, 0.4) is 0 Å². The summed E-state index contributed by atoms with van der Waals surface area (Å²) in [6.07, 6.45) is 1.29. The maximum Gasteiger partial charge on any atom is 0.271 e. The summed E-state index contributed by atoms with van der Waals surface area (Å²) in [7, 11) is 0. The van der Waals surface area contributed by atoms with Crippen molar-refractivity contribution in [3.8, 4) is 11.5 Å². The molecule has 0 spiro atoms. The van der Waals surface area contributed by atoms with Gasteiger partial charge in [-0.25, -0.2) is 9.82 Å². The number of hydrogen-bond acceptors (Lipinski definition) is 5. The number of anilines is 1. The Morgan fingerprint density at radius 2 is 1.69 bits per heavy atom. The fourth-order valence-corrected chi connectivity index (χ4v) is 2.43. The molecule has 2 amide bonds. The van der Waals surface area contributed by atoms with Crippen molar-refractivity contribution in [2.24, 2.45) is 5.10 Å². The first kappa shape index (κ1) is 19.6. The van der Waals surface area contributed by atoms with Crippen molar-refractivity contribution < 1.29 is 24.2 Å². The summed E-state index contributed by atoms with van der Waals surface area (Å²) in [5, 5.41) is 25.0. The Morgan fingerprint density at radius 1 is 0.897 bits per heavy atom. The van der Waals surface area contributed by atoms with Crippen LogP contribution in [0.4, 0.5) is 10.1 Å². The van der Waals surface area contributed by atoms with Gasteiger partial charge in [-0.1, -0.05) is 18.2 Å². The molecule has 0 aliphatic carbocycles. The van der Waals surface area contributed by atoms with Gasteiger partial charge >= 0.3 is 0 Å². The van der Waals surface area contributed by atoms with Crippen LogP contribution in [0, 0.1) is 5.82 Å². The smallest absolute Gasteiger partial charge is 0.271 e. The van der Waals surface area contributed by atoms with E-state index in [2.05, 4.69) is 15.8 Å². The minimum Gasteiger partial charge on any atom is -0.504 e. The lowest BCUT2D eigenvalue weighted by molar-refractivity contribution is 0.0953. The van der Waals surface area contributed by atoms with Crippen LogP contribution < -0.4 is 10.7 Å². The third kappa shape index (κ3) is 4.95. The normalized spacial score (nSPS) is 10.7. The summed E-state index contributed by atoms with van der Waals surface area (Å²) >= 11 is 0. The van der Waals surface area contributed by atoms with Gasteiger partial charge in [0.05, 0.1) is 11.8 Å². The quantitative estimate of drug-likeness (QED) is 0.303. The van der Waals surface area contributed by atoms with Crippen molar-refractivity contribution in [3.05, 3.63) is 89.2 Å². The largest absolute Gasteiger partial charge is 0.504 e. The van der Waals surface area contributed by atoms with Crippen LogP contribution in [-0.4, -0.2) is 28.2 Å². The number of phenolic OH excluding ortho intramolecular Hbond substituents is 2. The second-order valence-electron chi connectivity index (χ2n) is 5.96. The molecule has 0 unspecified atom stereocenters. The van der Waals surface area contributed by atoms with Crippen LogP contribution in [0.5, 0.6) is 11.5 Å². The minimum absolute atomic E-state index is 0.107. The van der Waals surface area contributed by atoms with Crippen LogP contribution in [0.15, 0.2) is 71.8 Å². The highest BCUT2D eigenvalue weighted by Crippen LogP contribution is 2.24. The first-order valence-electron chi connectivity index (χ1n) is 8.45.